The second-order valence-electron chi connectivity index (χ2n) is 4.88. The molecule has 0 aromatic heterocycles. The van der Waals surface area contributed by atoms with Gasteiger partial charge in [0.15, 0.2) is 17.6 Å². The summed E-state index contributed by atoms with van der Waals surface area (Å²) < 4.78 is 10.8. The van der Waals surface area contributed by atoms with Crippen LogP contribution in [-0.2, 0) is 11.2 Å². The molecule has 0 bridgehead atoms. The third-order valence-corrected chi connectivity index (χ3v) is 3.68. The fourth-order valence-corrected chi connectivity index (χ4v) is 2.23. The first-order valence-corrected chi connectivity index (χ1v) is 7.16. The molecule has 2 aromatic carbocycles. The van der Waals surface area contributed by atoms with E-state index >= 15 is 0 Å². The van der Waals surface area contributed by atoms with Gasteiger partial charge in [0.2, 0.25) is 0 Å². The van der Waals surface area contributed by atoms with E-state index in [9.17, 15) is 9.90 Å². The molecule has 2 rings (SSSR count). The highest BCUT2D eigenvalue weighted by Gasteiger charge is 2.21. The quantitative estimate of drug-likeness (QED) is 0.881. The molecule has 1 unspecified atom stereocenters. The summed E-state index contributed by atoms with van der Waals surface area (Å²) in [6.07, 6.45) is -0.803. The average Bonchev–Trinajstić information content (AvgIpc) is 2.50. The summed E-state index contributed by atoms with van der Waals surface area (Å²) in [5.74, 6) is -0.145. The van der Waals surface area contributed by atoms with E-state index in [0.717, 1.165) is 11.1 Å². The maximum absolute atomic E-state index is 11.5. The molecule has 0 spiro atoms. The second-order valence-corrected chi connectivity index (χ2v) is 5.29. The standard InChI is InChI=1S/C17H17ClO4/c1-11-7-8-12(9-13(11)18)10-16(17(19)20)22-15-6-4-3-5-14(15)21-2/h3-9,16H,10H2,1-2H3,(H,19,20). The number of para-hydroxylation sites is 2. The average molecular weight is 321 g/mol. The molecule has 0 heterocycles. The fourth-order valence-electron chi connectivity index (χ4n) is 2.03. The van der Waals surface area contributed by atoms with Crippen molar-refractivity contribution in [3.8, 4) is 11.5 Å². The van der Waals surface area contributed by atoms with Crippen LogP contribution >= 0.6 is 11.6 Å². The number of methoxy groups -OCH3 is 1. The van der Waals surface area contributed by atoms with Crippen molar-refractivity contribution < 1.29 is 19.4 Å². The molecule has 1 atom stereocenters. The molecule has 0 saturated heterocycles. The highest BCUT2D eigenvalue weighted by molar-refractivity contribution is 6.31. The van der Waals surface area contributed by atoms with Gasteiger partial charge in [0.1, 0.15) is 0 Å². The molecular weight excluding hydrogens is 304 g/mol. The number of rotatable bonds is 6. The molecule has 1 N–H and O–H groups in total. The number of hydrogen-bond acceptors (Lipinski definition) is 3. The van der Waals surface area contributed by atoms with Gasteiger partial charge in [0.05, 0.1) is 7.11 Å². The predicted octanol–water partition coefficient (Wildman–Crippen LogP) is 3.73. The molecule has 0 radical (unpaired) electrons. The smallest absolute Gasteiger partial charge is 0.345 e. The van der Waals surface area contributed by atoms with Crippen molar-refractivity contribution in [2.24, 2.45) is 0 Å². The van der Waals surface area contributed by atoms with Gasteiger partial charge in [-0.05, 0) is 36.2 Å². The molecule has 4 nitrogen and oxygen atoms in total. The van der Waals surface area contributed by atoms with Crippen LogP contribution in [0.15, 0.2) is 42.5 Å². The summed E-state index contributed by atoms with van der Waals surface area (Å²) in [6, 6.07) is 12.4. The summed E-state index contributed by atoms with van der Waals surface area (Å²) in [5.41, 5.74) is 1.75. The minimum absolute atomic E-state index is 0.216. The Morgan fingerprint density at radius 2 is 1.91 bits per heavy atom. The number of carbonyl (C=O) groups is 1. The normalized spacial score (nSPS) is 11.8. The maximum atomic E-state index is 11.5. The van der Waals surface area contributed by atoms with Crippen LogP contribution in [0.4, 0.5) is 0 Å². The van der Waals surface area contributed by atoms with Gasteiger partial charge in [0.25, 0.3) is 0 Å². The molecule has 2 aromatic rings. The van der Waals surface area contributed by atoms with Crippen LogP contribution < -0.4 is 9.47 Å². The molecule has 0 aliphatic rings. The summed E-state index contributed by atoms with van der Waals surface area (Å²) in [7, 11) is 1.51. The summed E-state index contributed by atoms with van der Waals surface area (Å²) in [5, 5.41) is 9.99. The highest BCUT2D eigenvalue weighted by atomic mass is 35.5. The Kier molecular flexibility index (Phi) is 5.28. The molecule has 5 heteroatoms. The lowest BCUT2D eigenvalue weighted by Gasteiger charge is -2.17. The SMILES string of the molecule is COc1ccccc1OC(Cc1ccc(C)c(Cl)c1)C(=O)O. The fraction of sp³-hybridized carbons (Fsp3) is 0.235. The van der Waals surface area contributed by atoms with Crippen LogP contribution in [0, 0.1) is 6.92 Å². The van der Waals surface area contributed by atoms with Gasteiger partial charge >= 0.3 is 5.97 Å². The highest BCUT2D eigenvalue weighted by Crippen LogP contribution is 2.28. The van der Waals surface area contributed by atoms with E-state index in [1.54, 1.807) is 30.3 Å². The topological polar surface area (TPSA) is 55.8 Å². The monoisotopic (exact) mass is 320 g/mol. The Balaban J connectivity index is 2.20. The maximum Gasteiger partial charge on any atom is 0.345 e. The van der Waals surface area contributed by atoms with Crippen molar-refractivity contribution in [3.05, 3.63) is 58.6 Å². The number of halogens is 1. The molecule has 22 heavy (non-hydrogen) atoms. The van der Waals surface area contributed by atoms with Crippen molar-refractivity contribution >= 4 is 17.6 Å². The van der Waals surface area contributed by atoms with Crippen LogP contribution in [0.25, 0.3) is 0 Å². The minimum Gasteiger partial charge on any atom is -0.493 e. The number of benzene rings is 2. The predicted molar refractivity (Wildman–Crippen MR) is 84.9 cm³/mol. The zero-order chi connectivity index (χ0) is 16.1. The number of ether oxygens (including phenoxy) is 2. The van der Waals surface area contributed by atoms with E-state index in [-0.39, 0.29) is 6.42 Å². The summed E-state index contributed by atoms with van der Waals surface area (Å²) in [6.45, 7) is 1.89. The first-order chi connectivity index (χ1) is 10.5. The van der Waals surface area contributed by atoms with E-state index in [2.05, 4.69) is 0 Å². The van der Waals surface area contributed by atoms with Crippen LogP contribution in [0.3, 0.4) is 0 Å². The van der Waals surface area contributed by atoms with E-state index < -0.39 is 12.1 Å². The molecule has 0 amide bonds. The Hall–Kier alpha value is -2.20. The van der Waals surface area contributed by atoms with Crippen LogP contribution in [0.5, 0.6) is 11.5 Å². The minimum atomic E-state index is -1.04. The first-order valence-electron chi connectivity index (χ1n) is 6.78. The lowest BCUT2D eigenvalue weighted by molar-refractivity contribution is -0.145. The van der Waals surface area contributed by atoms with Gasteiger partial charge in [-0.25, -0.2) is 4.79 Å². The molecule has 0 aliphatic heterocycles. The molecule has 0 aliphatic carbocycles. The van der Waals surface area contributed by atoms with Gasteiger partial charge in [-0.1, -0.05) is 35.9 Å². The zero-order valence-corrected chi connectivity index (χ0v) is 13.1. The van der Waals surface area contributed by atoms with Gasteiger partial charge in [-0.15, -0.1) is 0 Å². The molecule has 0 saturated carbocycles. The molecule has 116 valence electrons. The number of hydrogen-bond donors (Lipinski definition) is 1. The Bertz CT molecular complexity index is 669. The second kappa shape index (κ2) is 7.18. The molecular formula is C17H17ClO4. The van der Waals surface area contributed by atoms with Gasteiger partial charge in [-0.3, -0.25) is 0 Å². The zero-order valence-electron chi connectivity index (χ0n) is 12.4. The summed E-state index contributed by atoms with van der Waals surface area (Å²) >= 11 is 6.08. The van der Waals surface area contributed by atoms with E-state index in [1.165, 1.54) is 7.11 Å². The number of carboxylic acid groups (broad SMARTS) is 1. The Morgan fingerprint density at radius 1 is 1.23 bits per heavy atom. The van der Waals surface area contributed by atoms with Crippen LogP contribution in [-0.4, -0.2) is 24.3 Å². The lowest BCUT2D eigenvalue weighted by atomic mass is 10.1. The largest absolute Gasteiger partial charge is 0.493 e. The molecule has 0 fully saturated rings. The van der Waals surface area contributed by atoms with Gasteiger partial charge < -0.3 is 14.6 Å². The number of carboxylic acids is 1. The number of aliphatic carboxylic acids is 1. The summed E-state index contributed by atoms with van der Waals surface area (Å²) in [4.78, 5) is 11.5. The van der Waals surface area contributed by atoms with Crippen molar-refractivity contribution in [2.75, 3.05) is 7.11 Å². The number of aryl methyl sites for hydroxylation is 1. The van der Waals surface area contributed by atoms with Gasteiger partial charge in [0, 0.05) is 11.4 Å². The van der Waals surface area contributed by atoms with Crippen LogP contribution in [0.1, 0.15) is 11.1 Å². The van der Waals surface area contributed by atoms with Crippen LogP contribution in [0.2, 0.25) is 5.02 Å². The van der Waals surface area contributed by atoms with E-state index in [4.69, 9.17) is 21.1 Å². The van der Waals surface area contributed by atoms with Crippen molar-refractivity contribution in [3.63, 3.8) is 0 Å². The lowest BCUT2D eigenvalue weighted by Crippen LogP contribution is -2.29. The van der Waals surface area contributed by atoms with E-state index in [1.807, 2.05) is 19.1 Å². The van der Waals surface area contributed by atoms with E-state index in [0.29, 0.717) is 16.5 Å². The first kappa shape index (κ1) is 16.2. The van der Waals surface area contributed by atoms with Gasteiger partial charge in [-0.2, -0.15) is 0 Å². The Labute approximate surface area is 134 Å². The van der Waals surface area contributed by atoms with Crippen molar-refractivity contribution in [2.45, 2.75) is 19.4 Å². The van der Waals surface area contributed by atoms with Crippen molar-refractivity contribution in [1.82, 2.24) is 0 Å². The van der Waals surface area contributed by atoms with Crippen molar-refractivity contribution in [1.29, 1.82) is 0 Å². The Morgan fingerprint density at radius 3 is 2.50 bits per heavy atom. The third-order valence-electron chi connectivity index (χ3n) is 3.27. The third kappa shape index (κ3) is 3.92.